The van der Waals surface area contributed by atoms with Crippen molar-refractivity contribution in [2.75, 3.05) is 10.6 Å². The maximum Gasteiger partial charge on any atom is 0.231 e. The van der Waals surface area contributed by atoms with Gasteiger partial charge in [0.2, 0.25) is 5.91 Å². The largest absolute Gasteiger partial charge is 0.364 e. The third kappa shape index (κ3) is 5.12. The number of fused-ring (bicyclic) bond motifs is 1. The van der Waals surface area contributed by atoms with E-state index in [1.165, 1.54) is 13.1 Å². The van der Waals surface area contributed by atoms with Crippen molar-refractivity contribution in [3.63, 3.8) is 0 Å². The Kier molecular flexibility index (Phi) is 6.48. The fourth-order valence-corrected chi connectivity index (χ4v) is 3.96. The first-order chi connectivity index (χ1) is 17.6. The molecular formula is C28H24N6O2. The van der Waals surface area contributed by atoms with Crippen molar-refractivity contribution >= 4 is 28.7 Å². The number of nitrogens with one attached hydrogen (secondary N) is 2. The van der Waals surface area contributed by atoms with Gasteiger partial charge in [0.05, 0.1) is 18.3 Å². The topological polar surface area (TPSA) is 101 Å². The first-order valence-corrected chi connectivity index (χ1v) is 11.5. The van der Waals surface area contributed by atoms with Crippen LogP contribution in [0.4, 0.5) is 11.5 Å². The minimum Gasteiger partial charge on any atom is -0.364 e. The van der Waals surface area contributed by atoms with Crippen LogP contribution in [-0.4, -0.2) is 31.3 Å². The molecule has 3 heterocycles. The fraction of sp³-hybridized carbons (Fsp3) is 0.107. The predicted molar refractivity (Wildman–Crippen MR) is 139 cm³/mol. The highest BCUT2D eigenvalue weighted by molar-refractivity contribution is 6.03. The summed E-state index contributed by atoms with van der Waals surface area (Å²) in [5.74, 6) is 0.532. The number of rotatable bonds is 8. The second-order valence-corrected chi connectivity index (χ2v) is 8.40. The number of pyridine rings is 1. The molecule has 2 N–H and O–H groups in total. The molecule has 0 aliphatic heterocycles. The van der Waals surface area contributed by atoms with Gasteiger partial charge in [-0.15, -0.1) is 5.10 Å². The van der Waals surface area contributed by atoms with Gasteiger partial charge in [0.15, 0.2) is 11.6 Å². The first-order valence-electron chi connectivity index (χ1n) is 11.5. The Morgan fingerprint density at radius 3 is 2.42 bits per heavy atom. The Morgan fingerprint density at radius 1 is 0.917 bits per heavy atom. The van der Waals surface area contributed by atoms with Crippen LogP contribution in [0.1, 0.15) is 18.9 Å². The van der Waals surface area contributed by atoms with Crippen LogP contribution in [0.3, 0.4) is 0 Å². The average molecular weight is 477 g/mol. The minimum atomic E-state index is -0.388. The summed E-state index contributed by atoms with van der Waals surface area (Å²) in [5, 5.41) is 10.9. The highest BCUT2D eigenvalue weighted by Crippen LogP contribution is 2.31. The number of ketones is 1. The number of hydrogen-bond acceptors (Lipinski definition) is 6. The summed E-state index contributed by atoms with van der Waals surface area (Å²) in [7, 11) is 0. The zero-order chi connectivity index (χ0) is 24.9. The molecule has 8 nitrogen and oxygen atoms in total. The highest BCUT2D eigenvalue weighted by Gasteiger charge is 2.16. The Labute approximate surface area is 208 Å². The van der Waals surface area contributed by atoms with Gasteiger partial charge in [0, 0.05) is 30.1 Å². The summed E-state index contributed by atoms with van der Waals surface area (Å²) in [4.78, 5) is 32.4. The average Bonchev–Trinajstić information content (AvgIpc) is 3.32. The molecule has 8 heteroatoms. The summed E-state index contributed by atoms with van der Waals surface area (Å²) >= 11 is 0. The molecule has 0 unspecified atom stereocenters. The Bertz CT molecular complexity index is 1530. The van der Waals surface area contributed by atoms with E-state index in [9.17, 15) is 9.59 Å². The summed E-state index contributed by atoms with van der Waals surface area (Å²) < 4.78 is 1.80. The van der Waals surface area contributed by atoms with Gasteiger partial charge in [-0.2, -0.15) is 0 Å². The quantitative estimate of drug-likeness (QED) is 0.306. The molecule has 0 bridgehead atoms. The highest BCUT2D eigenvalue weighted by atomic mass is 16.2. The lowest BCUT2D eigenvalue weighted by Gasteiger charge is -2.12. The molecule has 0 aliphatic carbocycles. The number of carbonyl (C=O) groups is 2. The molecule has 0 atom stereocenters. The molecule has 0 radical (unpaired) electrons. The van der Waals surface area contributed by atoms with E-state index in [0.29, 0.717) is 29.4 Å². The van der Waals surface area contributed by atoms with Crippen LogP contribution in [0.5, 0.6) is 0 Å². The lowest BCUT2D eigenvalue weighted by atomic mass is 10.1. The molecule has 36 heavy (non-hydrogen) atoms. The van der Waals surface area contributed by atoms with Crippen LogP contribution in [0.2, 0.25) is 0 Å². The second-order valence-electron chi connectivity index (χ2n) is 8.40. The Hall–Kier alpha value is -4.85. The standard InChI is InChI=1S/C28H24N6O2/c1-19(35)14-25(36)31-23-15-22(17-29-18-23)27-32-28(30-16-20-8-4-2-5-9-20)26-24(12-13-34(26)33-27)21-10-6-3-7-11-21/h2-13,15,17-18H,14,16H2,1H3,(H,31,36)(H,30,32,33). The van der Waals surface area contributed by atoms with Crippen molar-refractivity contribution in [3.8, 4) is 22.5 Å². The molecule has 0 spiro atoms. The number of amides is 1. The second kappa shape index (κ2) is 10.2. The van der Waals surface area contributed by atoms with Crippen molar-refractivity contribution < 1.29 is 9.59 Å². The van der Waals surface area contributed by atoms with Gasteiger partial charge in [0.25, 0.3) is 0 Å². The predicted octanol–water partition coefficient (Wildman–Crippen LogP) is 4.99. The zero-order valence-corrected chi connectivity index (χ0v) is 19.7. The van der Waals surface area contributed by atoms with Crippen molar-refractivity contribution in [2.45, 2.75) is 19.9 Å². The molecule has 5 aromatic rings. The maximum atomic E-state index is 12.1. The lowest BCUT2D eigenvalue weighted by Crippen LogP contribution is -2.15. The smallest absolute Gasteiger partial charge is 0.231 e. The van der Waals surface area contributed by atoms with E-state index in [0.717, 1.165) is 22.2 Å². The monoisotopic (exact) mass is 476 g/mol. The number of nitrogens with zero attached hydrogens (tertiary/aromatic N) is 4. The molecule has 178 valence electrons. The van der Waals surface area contributed by atoms with Gasteiger partial charge in [0.1, 0.15) is 11.3 Å². The van der Waals surface area contributed by atoms with E-state index in [4.69, 9.17) is 10.1 Å². The Morgan fingerprint density at radius 2 is 1.67 bits per heavy atom. The van der Waals surface area contributed by atoms with Crippen LogP contribution in [-0.2, 0) is 16.1 Å². The van der Waals surface area contributed by atoms with Gasteiger partial charge in [-0.1, -0.05) is 60.7 Å². The van der Waals surface area contributed by atoms with Crippen molar-refractivity contribution in [3.05, 3.63) is 97.0 Å². The SMILES string of the molecule is CC(=O)CC(=O)Nc1cncc(-c2nc(NCc3ccccc3)c3c(-c4ccccc4)ccn3n2)c1. The van der Waals surface area contributed by atoms with Gasteiger partial charge in [-0.25, -0.2) is 9.50 Å². The molecule has 0 fully saturated rings. The van der Waals surface area contributed by atoms with Crippen LogP contribution in [0.15, 0.2) is 91.4 Å². The number of hydrogen-bond donors (Lipinski definition) is 2. The maximum absolute atomic E-state index is 12.1. The zero-order valence-electron chi connectivity index (χ0n) is 19.7. The fourth-order valence-electron chi connectivity index (χ4n) is 3.96. The number of Topliss-reactive ketones (excluding diaryl/α,β-unsaturated/α-hetero) is 1. The number of benzene rings is 2. The van der Waals surface area contributed by atoms with Gasteiger partial charge in [-0.05, 0) is 30.2 Å². The molecule has 0 saturated carbocycles. The van der Waals surface area contributed by atoms with Crippen LogP contribution < -0.4 is 10.6 Å². The first kappa shape index (κ1) is 22.9. The van der Waals surface area contributed by atoms with E-state index in [1.807, 2.05) is 48.7 Å². The summed E-state index contributed by atoms with van der Waals surface area (Å²) in [6.45, 7) is 1.97. The van der Waals surface area contributed by atoms with Crippen LogP contribution in [0, 0.1) is 0 Å². The van der Waals surface area contributed by atoms with E-state index in [-0.39, 0.29) is 18.1 Å². The van der Waals surface area contributed by atoms with E-state index >= 15 is 0 Å². The summed E-state index contributed by atoms with van der Waals surface area (Å²) in [5.41, 5.74) is 5.17. The van der Waals surface area contributed by atoms with Gasteiger partial charge in [-0.3, -0.25) is 14.6 Å². The van der Waals surface area contributed by atoms with Gasteiger partial charge >= 0.3 is 0 Å². The summed E-state index contributed by atoms with van der Waals surface area (Å²) in [6.07, 6.45) is 4.89. The minimum absolute atomic E-state index is 0.189. The lowest BCUT2D eigenvalue weighted by molar-refractivity contribution is -0.124. The molecule has 1 amide bonds. The summed E-state index contributed by atoms with van der Waals surface area (Å²) in [6, 6.07) is 24.0. The number of aromatic nitrogens is 4. The molecule has 0 saturated heterocycles. The number of anilines is 2. The van der Waals surface area contributed by atoms with E-state index < -0.39 is 0 Å². The molecular weight excluding hydrogens is 452 g/mol. The number of carbonyl (C=O) groups excluding carboxylic acids is 2. The molecule has 2 aromatic carbocycles. The third-order valence-electron chi connectivity index (χ3n) is 5.59. The van der Waals surface area contributed by atoms with E-state index in [1.54, 1.807) is 16.8 Å². The van der Waals surface area contributed by atoms with Crippen molar-refractivity contribution in [2.24, 2.45) is 0 Å². The van der Waals surface area contributed by atoms with Crippen LogP contribution >= 0.6 is 0 Å². The normalized spacial score (nSPS) is 10.8. The van der Waals surface area contributed by atoms with E-state index in [2.05, 4.69) is 39.9 Å². The van der Waals surface area contributed by atoms with Gasteiger partial charge < -0.3 is 10.6 Å². The van der Waals surface area contributed by atoms with Crippen molar-refractivity contribution in [1.82, 2.24) is 19.6 Å². The molecule has 5 rings (SSSR count). The van der Waals surface area contributed by atoms with Crippen LogP contribution in [0.25, 0.3) is 28.0 Å². The third-order valence-corrected chi connectivity index (χ3v) is 5.59. The molecule has 3 aromatic heterocycles. The molecule has 0 aliphatic rings. The van der Waals surface area contributed by atoms with Crippen molar-refractivity contribution in [1.29, 1.82) is 0 Å². The Balaban J connectivity index is 1.55.